The van der Waals surface area contributed by atoms with E-state index >= 15 is 0 Å². The maximum Gasteiger partial charge on any atom is 0.416 e. The number of imidazole rings is 1. The van der Waals surface area contributed by atoms with Gasteiger partial charge in [-0.2, -0.15) is 26.3 Å². The first-order valence-electron chi connectivity index (χ1n) is 10.7. The number of aliphatic hydroxyl groups is 1. The summed E-state index contributed by atoms with van der Waals surface area (Å²) in [5.74, 6) is -0.305. The van der Waals surface area contributed by atoms with Gasteiger partial charge in [-0.05, 0) is 31.2 Å². The van der Waals surface area contributed by atoms with Crippen molar-refractivity contribution in [2.24, 2.45) is 0 Å². The van der Waals surface area contributed by atoms with Gasteiger partial charge < -0.3 is 14.8 Å². The third-order valence-electron chi connectivity index (χ3n) is 5.57. The summed E-state index contributed by atoms with van der Waals surface area (Å²) < 4.78 is 83.2. The molecule has 2 N–H and O–H groups in total. The molecule has 0 amide bonds. The van der Waals surface area contributed by atoms with Crippen molar-refractivity contribution in [1.29, 1.82) is 0 Å². The number of hydrogen-bond acceptors (Lipinski definition) is 5. The molecule has 0 radical (unpaired) electrons. The second-order valence-electron chi connectivity index (χ2n) is 8.72. The van der Waals surface area contributed by atoms with E-state index in [-0.39, 0.29) is 24.3 Å². The van der Waals surface area contributed by atoms with Gasteiger partial charge in [0.05, 0.1) is 34.5 Å². The van der Waals surface area contributed by atoms with Gasteiger partial charge in [-0.1, -0.05) is 36.0 Å². The fourth-order valence-electron chi connectivity index (χ4n) is 3.89. The molecule has 0 spiro atoms. The topological polar surface area (TPSA) is 75.2 Å². The fourth-order valence-corrected chi connectivity index (χ4v) is 4.75. The Hall–Kier alpha value is -2.99. The van der Waals surface area contributed by atoms with Crippen LogP contribution in [-0.4, -0.2) is 38.5 Å². The number of aromatic nitrogens is 2. The zero-order chi connectivity index (χ0) is 26.3. The smallest absolute Gasteiger partial charge is 0.416 e. The number of thioether (sulfide) groups is 1. The fraction of sp³-hybridized carbons (Fsp3) is 0.333. The molecule has 0 aliphatic carbocycles. The zero-order valence-electron chi connectivity index (χ0n) is 18.7. The Morgan fingerprint density at radius 1 is 1.00 bits per heavy atom. The molecule has 0 saturated carbocycles. The van der Waals surface area contributed by atoms with Crippen molar-refractivity contribution in [2.45, 2.75) is 49.0 Å². The summed E-state index contributed by atoms with van der Waals surface area (Å²) in [6.07, 6.45) is -9.56. The van der Waals surface area contributed by atoms with E-state index in [9.17, 15) is 36.2 Å². The largest absolute Gasteiger partial charge is 0.461 e. The Labute approximate surface area is 205 Å². The van der Waals surface area contributed by atoms with Crippen molar-refractivity contribution in [1.82, 2.24) is 9.97 Å². The van der Waals surface area contributed by atoms with E-state index in [1.165, 1.54) is 31.2 Å². The molecule has 4 rings (SSSR count). The molecule has 1 aromatic heterocycles. The van der Waals surface area contributed by atoms with E-state index in [1.807, 2.05) is 0 Å². The molecule has 36 heavy (non-hydrogen) atoms. The number of halogens is 6. The molecule has 1 unspecified atom stereocenters. The maximum absolute atomic E-state index is 13.0. The van der Waals surface area contributed by atoms with Crippen LogP contribution in [0.5, 0.6) is 0 Å². The lowest BCUT2D eigenvalue weighted by atomic mass is 9.93. The number of nitrogens with one attached hydrogen (secondary N) is 1. The third-order valence-corrected chi connectivity index (χ3v) is 6.57. The number of cyclic esters (lactones) is 1. The van der Waals surface area contributed by atoms with E-state index in [0.717, 1.165) is 36.0 Å². The molecule has 1 aliphatic heterocycles. The Balaban J connectivity index is 1.65. The minimum Gasteiger partial charge on any atom is -0.461 e. The van der Waals surface area contributed by atoms with Crippen molar-refractivity contribution >= 4 is 17.7 Å². The molecule has 1 fully saturated rings. The summed E-state index contributed by atoms with van der Waals surface area (Å²) in [5.41, 5.74) is -1.66. The first-order chi connectivity index (χ1) is 16.7. The summed E-state index contributed by atoms with van der Waals surface area (Å²) in [7, 11) is 0. The molecule has 5 nitrogen and oxygen atoms in total. The van der Waals surface area contributed by atoms with E-state index in [4.69, 9.17) is 4.74 Å². The SMILES string of the molecule is CC1(O)CC(=O)O[C@@H](CSc2nc(-c3ccc(C(F)(F)F)cc3)c(-c3ccc(C(F)(F)F)cc3)[nH]2)C1. The van der Waals surface area contributed by atoms with E-state index < -0.39 is 41.2 Å². The minimum absolute atomic E-state index is 0.120. The standard InChI is InChI=1S/C24H20F6N2O3S/c1-22(34)10-17(35-18(33)11-22)12-36-21-31-19(13-2-6-15(7-3-13)23(25,26)27)20(32-21)14-4-8-16(9-5-14)24(28,29)30/h2-9,17,34H,10-12H2,1H3,(H,31,32)/t17-,22?/m1/s1. The Bertz CT molecular complexity index is 1160. The molecule has 2 aromatic carbocycles. The number of carbonyl (C=O) groups is 1. The first-order valence-corrected chi connectivity index (χ1v) is 11.7. The number of alkyl halides is 6. The lowest BCUT2D eigenvalue weighted by Gasteiger charge is -2.32. The zero-order valence-corrected chi connectivity index (χ0v) is 19.5. The highest BCUT2D eigenvalue weighted by molar-refractivity contribution is 7.99. The highest BCUT2D eigenvalue weighted by Gasteiger charge is 2.36. The van der Waals surface area contributed by atoms with Crippen LogP contribution in [0.15, 0.2) is 53.7 Å². The molecule has 2 heterocycles. The van der Waals surface area contributed by atoms with Gasteiger partial charge in [0.2, 0.25) is 0 Å². The molecule has 1 saturated heterocycles. The van der Waals surface area contributed by atoms with Crippen LogP contribution in [-0.2, 0) is 21.9 Å². The second kappa shape index (κ2) is 9.47. The van der Waals surface area contributed by atoms with Gasteiger partial charge in [-0.25, -0.2) is 4.98 Å². The number of esters is 1. The number of H-pyrrole nitrogens is 1. The number of ether oxygens (including phenoxy) is 1. The van der Waals surface area contributed by atoms with E-state index in [2.05, 4.69) is 9.97 Å². The summed E-state index contributed by atoms with van der Waals surface area (Å²) in [4.78, 5) is 19.2. The average Bonchev–Trinajstić information content (AvgIpc) is 3.20. The Morgan fingerprint density at radius 3 is 2.03 bits per heavy atom. The highest BCUT2D eigenvalue weighted by atomic mass is 32.2. The average molecular weight is 530 g/mol. The molecule has 1 aliphatic rings. The molecule has 192 valence electrons. The van der Waals surface area contributed by atoms with Crippen LogP contribution >= 0.6 is 11.8 Å². The number of nitrogens with zero attached hydrogens (tertiary/aromatic N) is 1. The van der Waals surface area contributed by atoms with Gasteiger partial charge in [-0.3, -0.25) is 4.79 Å². The Morgan fingerprint density at radius 2 is 1.53 bits per heavy atom. The molecule has 12 heteroatoms. The number of rotatable bonds is 5. The quantitative estimate of drug-likeness (QED) is 0.229. The molecular formula is C24H20F6N2O3S. The van der Waals surface area contributed by atoms with Crippen LogP contribution in [0.3, 0.4) is 0 Å². The first kappa shape index (κ1) is 26.1. The van der Waals surface area contributed by atoms with E-state index in [0.29, 0.717) is 22.0 Å². The van der Waals surface area contributed by atoms with Gasteiger partial charge >= 0.3 is 18.3 Å². The predicted molar refractivity (Wildman–Crippen MR) is 120 cm³/mol. The number of carbonyl (C=O) groups excluding carboxylic acids is 1. The minimum atomic E-state index is -4.53. The van der Waals surface area contributed by atoms with Crippen molar-refractivity contribution in [3.05, 3.63) is 59.7 Å². The number of aromatic amines is 1. The molecule has 2 atom stereocenters. The predicted octanol–water partition coefficient (Wildman–Crippen LogP) is 6.33. The van der Waals surface area contributed by atoms with Crippen LogP contribution in [0.25, 0.3) is 22.5 Å². The Kier molecular flexibility index (Phi) is 6.86. The monoisotopic (exact) mass is 530 g/mol. The maximum atomic E-state index is 13.0. The normalized spacial score (nSPS) is 20.9. The molecular weight excluding hydrogens is 510 g/mol. The van der Waals surface area contributed by atoms with Crippen LogP contribution in [0, 0.1) is 0 Å². The van der Waals surface area contributed by atoms with Crippen molar-refractivity contribution < 1.29 is 41.0 Å². The van der Waals surface area contributed by atoms with Crippen LogP contribution < -0.4 is 0 Å². The van der Waals surface area contributed by atoms with Gasteiger partial charge in [0.1, 0.15) is 6.10 Å². The van der Waals surface area contributed by atoms with Crippen LogP contribution in [0.1, 0.15) is 30.9 Å². The van der Waals surface area contributed by atoms with Crippen molar-refractivity contribution in [3.8, 4) is 22.5 Å². The lowest BCUT2D eigenvalue weighted by molar-refractivity contribution is -0.166. The van der Waals surface area contributed by atoms with Crippen LogP contribution in [0.4, 0.5) is 26.3 Å². The summed E-state index contributed by atoms with van der Waals surface area (Å²) in [6, 6.07) is 8.58. The van der Waals surface area contributed by atoms with Crippen molar-refractivity contribution in [3.63, 3.8) is 0 Å². The molecule has 3 aromatic rings. The van der Waals surface area contributed by atoms with Crippen molar-refractivity contribution in [2.75, 3.05) is 5.75 Å². The summed E-state index contributed by atoms with van der Waals surface area (Å²) in [5, 5.41) is 10.5. The second-order valence-corrected chi connectivity index (χ2v) is 9.73. The number of hydrogen-bond donors (Lipinski definition) is 2. The van der Waals surface area contributed by atoms with Gasteiger partial charge in [0, 0.05) is 23.3 Å². The van der Waals surface area contributed by atoms with E-state index in [1.54, 1.807) is 0 Å². The number of benzene rings is 2. The summed E-state index contributed by atoms with van der Waals surface area (Å²) in [6.45, 7) is 1.53. The molecule has 0 bridgehead atoms. The highest BCUT2D eigenvalue weighted by Crippen LogP contribution is 2.37. The van der Waals surface area contributed by atoms with Crippen LogP contribution in [0.2, 0.25) is 0 Å². The van der Waals surface area contributed by atoms with Gasteiger partial charge in [-0.15, -0.1) is 0 Å². The van der Waals surface area contributed by atoms with Gasteiger partial charge in [0.25, 0.3) is 0 Å². The lowest BCUT2D eigenvalue weighted by Crippen LogP contribution is -2.41. The summed E-state index contributed by atoms with van der Waals surface area (Å²) >= 11 is 1.15. The third kappa shape index (κ3) is 6.04. The van der Waals surface area contributed by atoms with Gasteiger partial charge in [0.15, 0.2) is 5.16 Å².